The number of fused-ring (bicyclic) bond motifs is 1. The molecule has 0 aliphatic heterocycles. The number of aryl methyl sites for hydroxylation is 1. The van der Waals surface area contributed by atoms with Gasteiger partial charge >= 0.3 is 11.7 Å². The third-order valence-corrected chi connectivity index (χ3v) is 5.78. The molecule has 0 bridgehead atoms. The minimum Gasteiger partial charge on any atom is -0.462 e. The summed E-state index contributed by atoms with van der Waals surface area (Å²) >= 11 is 0. The number of anilines is 1. The summed E-state index contributed by atoms with van der Waals surface area (Å²) in [5.74, 6) is -0.502. The van der Waals surface area contributed by atoms with Gasteiger partial charge in [-0.25, -0.2) is 18.0 Å². The molecule has 0 fully saturated rings. The van der Waals surface area contributed by atoms with E-state index in [-0.39, 0.29) is 22.6 Å². The molecular formula is C19H19N3O6S. The number of hydrogen-bond acceptors (Lipinski definition) is 6. The Morgan fingerprint density at radius 1 is 1.03 bits per heavy atom. The standard InChI is InChI=1S/C19H19N3O6S/c1-4-28-18(24)12-5-7-13(8-6-12)20-29(26,27)14-9-10-16-15(11-14)17(23)22(3)19(25)21(16)2/h5-11,20H,4H2,1-3H3. The van der Waals surface area contributed by atoms with Gasteiger partial charge in [0.2, 0.25) is 0 Å². The zero-order valence-electron chi connectivity index (χ0n) is 16.0. The molecule has 0 amide bonds. The lowest BCUT2D eigenvalue weighted by atomic mass is 10.2. The number of esters is 1. The summed E-state index contributed by atoms with van der Waals surface area (Å²) in [5.41, 5.74) is -0.218. The van der Waals surface area contributed by atoms with Crippen LogP contribution in [0.1, 0.15) is 17.3 Å². The molecule has 0 atom stereocenters. The van der Waals surface area contributed by atoms with Gasteiger partial charge in [0.15, 0.2) is 0 Å². The maximum absolute atomic E-state index is 12.7. The van der Waals surface area contributed by atoms with Crippen LogP contribution in [0.15, 0.2) is 56.9 Å². The van der Waals surface area contributed by atoms with E-state index in [1.165, 1.54) is 61.1 Å². The maximum atomic E-state index is 12.7. The van der Waals surface area contributed by atoms with Gasteiger partial charge in [-0.2, -0.15) is 0 Å². The van der Waals surface area contributed by atoms with Crippen molar-refractivity contribution in [2.24, 2.45) is 14.1 Å². The molecule has 3 aromatic rings. The van der Waals surface area contributed by atoms with E-state index < -0.39 is 27.2 Å². The first kappa shape index (κ1) is 20.3. The van der Waals surface area contributed by atoms with Crippen LogP contribution in [-0.2, 0) is 28.9 Å². The minimum absolute atomic E-state index is 0.107. The number of rotatable bonds is 5. The van der Waals surface area contributed by atoms with Gasteiger partial charge in [0, 0.05) is 19.8 Å². The summed E-state index contributed by atoms with van der Waals surface area (Å²) in [7, 11) is -1.17. The monoisotopic (exact) mass is 417 g/mol. The number of nitrogens with zero attached hydrogens (tertiary/aromatic N) is 2. The van der Waals surface area contributed by atoms with Crippen molar-refractivity contribution in [3.8, 4) is 0 Å². The second kappa shape index (κ2) is 7.55. The Balaban J connectivity index is 1.97. The van der Waals surface area contributed by atoms with Gasteiger partial charge in [-0.15, -0.1) is 0 Å². The Kier molecular flexibility index (Phi) is 5.29. The van der Waals surface area contributed by atoms with Crippen molar-refractivity contribution in [1.82, 2.24) is 9.13 Å². The van der Waals surface area contributed by atoms with Gasteiger partial charge in [0.05, 0.1) is 28.0 Å². The molecule has 1 aromatic heterocycles. The summed E-state index contributed by atoms with van der Waals surface area (Å²) in [6, 6.07) is 9.73. The molecule has 0 spiro atoms. The SMILES string of the molecule is CCOC(=O)c1ccc(NS(=O)(=O)c2ccc3c(c2)c(=O)n(C)c(=O)n3C)cc1. The van der Waals surface area contributed by atoms with E-state index in [0.29, 0.717) is 11.1 Å². The van der Waals surface area contributed by atoms with Gasteiger partial charge in [0.1, 0.15) is 0 Å². The zero-order chi connectivity index (χ0) is 21.3. The Labute approximate surface area is 166 Å². The van der Waals surface area contributed by atoms with Crippen LogP contribution in [0.2, 0.25) is 0 Å². The van der Waals surface area contributed by atoms with Crippen molar-refractivity contribution >= 4 is 32.6 Å². The Bertz CT molecular complexity index is 1320. The molecule has 0 saturated carbocycles. The number of sulfonamides is 1. The van der Waals surface area contributed by atoms with E-state index >= 15 is 0 Å². The van der Waals surface area contributed by atoms with Crippen LogP contribution in [0.5, 0.6) is 0 Å². The molecule has 3 rings (SSSR count). The third kappa shape index (κ3) is 3.79. The third-order valence-electron chi connectivity index (χ3n) is 4.40. The fourth-order valence-electron chi connectivity index (χ4n) is 2.84. The molecule has 0 aliphatic carbocycles. The van der Waals surface area contributed by atoms with Crippen molar-refractivity contribution in [2.75, 3.05) is 11.3 Å². The van der Waals surface area contributed by atoms with E-state index in [9.17, 15) is 22.8 Å². The Morgan fingerprint density at radius 2 is 1.69 bits per heavy atom. The second-order valence-corrected chi connectivity index (χ2v) is 7.97. The van der Waals surface area contributed by atoms with Crippen molar-refractivity contribution in [1.29, 1.82) is 0 Å². The topological polar surface area (TPSA) is 116 Å². The molecule has 9 nitrogen and oxygen atoms in total. The Hall–Kier alpha value is -3.40. The van der Waals surface area contributed by atoms with E-state index in [0.717, 1.165) is 4.57 Å². The summed E-state index contributed by atoms with van der Waals surface area (Å²) < 4.78 is 34.9. The molecular weight excluding hydrogens is 398 g/mol. The molecule has 0 radical (unpaired) electrons. The first-order valence-corrected chi connectivity index (χ1v) is 10.1. The van der Waals surface area contributed by atoms with Crippen LogP contribution < -0.4 is 16.0 Å². The van der Waals surface area contributed by atoms with Crippen LogP contribution in [0.3, 0.4) is 0 Å². The van der Waals surface area contributed by atoms with Crippen molar-refractivity contribution < 1.29 is 17.9 Å². The number of aromatic nitrogens is 2. The molecule has 1 heterocycles. The van der Waals surface area contributed by atoms with E-state index in [1.807, 2.05) is 0 Å². The summed E-state index contributed by atoms with van der Waals surface area (Å²) in [4.78, 5) is 35.9. The van der Waals surface area contributed by atoms with E-state index in [2.05, 4.69) is 4.72 Å². The first-order valence-electron chi connectivity index (χ1n) is 8.65. The highest BCUT2D eigenvalue weighted by Crippen LogP contribution is 2.20. The van der Waals surface area contributed by atoms with Crippen molar-refractivity contribution in [2.45, 2.75) is 11.8 Å². The summed E-state index contributed by atoms with van der Waals surface area (Å²) in [6.07, 6.45) is 0. The number of benzene rings is 2. The van der Waals surface area contributed by atoms with Crippen LogP contribution in [0, 0.1) is 0 Å². The maximum Gasteiger partial charge on any atom is 0.338 e. The number of ether oxygens (including phenoxy) is 1. The summed E-state index contributed by atoms with van der Waals surface area (Å²) in [6.45, 7) is 1.93. The molecule has 2 aromatic carbocycles. The van der Waals surface area contributed by atoms with Gasteiger partial charge in [-0.05, 0) is 49.4 Å². The highest BCUT2D eigenvalue weighted by Gasteiger charge is 2.18. The molecule has 0 aliphatic rings. The minimum atomic E-state index is -4.00. The largest absolute Gasteiger partial charge is 0.462 e. The van der Waals surface area contributed by atoms with Crippen molar-refractivity contribution in [3.63, 3.8) is 0 Å². The normalized spacial score (nSPS) is 11.4. The van der Waals surface area contributed by atoms with Gasteiger partial charge < -0.3 is 4.74 Å². The first-order chi connectivity index (χ1) is 13.7. The molecule has 1 N–H and O–H groups in total. The smallest absolute Gasteiger partial charge is 0.338 e. The average molecular weight is 417 g/mol. The van der Waals surface area contributed by atoms with Crippen molar-refractivity contribution in [3.05, 3.63) is 68.9 Å². The number of hydrogen-bond donors (Lipinski definition) is 1. The fourth-order valence-corrected chi connectivity index (χ4v) is 3.93. The lowest BCUT2D eigenvalue weighted by Gasteiger charge is -2.11. The van der Waals surface area contributed by atoms with Crippen LogP contribution in [-0.4, -0.2) is 30.1 Å². The summed E-state index contributed by atoms with van der Waals surface area (Å²) in [5, 5.41) is 0.107. The molecule has 0 saturated heterocycles. The van der Waals surface area contributed by atoms with Gasteiger partial charge in [-0.3, -0.25) is 18.7 Å². The van der Waals surface area contributed by atoms with Crippen LogP contribution >= 0.6 is 0 Å². The molecule has 0 unspecified atom stereocenters. The van der Waals surface area contributed by atoms with E-state index in [4.69, 9.17) is 4.74 Å². The van der Waals surface area contributed by atoms with Crippen LogP contribution in [0.25, 0.3) is 10.9 Å². The fraction of sp³-hybridized carbons (Fsp3) is 0.211. The van der Waals surface area contributed by atoms with Gasteiger partial charge in [-0.1, -0.05) is 0 Å². The molecule has 10 heteroatoms. The molecule has 29 heavy (non-hydrogen) atoms. The predicted molar refractivity (Wildman–Crippen MR) is 108 cm³/mol. The lowest BCUT2D eigenvalue weighted by Crippen LogP contribution is -2.37. The quantitative estimate of drug-likeness (QED) is 0.624. The van der Waals surface area contributed by atoms with Crippen LogP contribution in [0.4, 0.5) is 5.69 Å². The number of carbonyl (C=O) groups excluding carboxylic acids is 1. The lowest BCUT2D eigenvalue weighted by molar-refractivity contribution is 0.0526. The number of carbonyl (C=O) groups is 1. The second-order valence-electron chi connectivity index (χ2n) is 6.29. The highest BCUT2D eigenvalue weighted by atomic mass is 32.2. The highest BCUT2D eigenvalue weighted by molar-refractivity contribution is 7.92. The van der Waals surface area contributed by atoms with E-state index in [1.54, 1.807) is 6.92 Å². The molecule has 152 valence electrons. The Morgan fingerprint density at radius 3 is 2.31 bits per heavy atom. The number of nitrogens with one attached hydrogen (secondary N) is 1. The average Bonchev–Trinajstić information content (AvgIpc) is 2.70. The van der Waals surface area contributed by atoms with Gasteiger partial charge in [0.25, 0.3) is 15.6 Å². The predicted octanol–water partition coefficient (Wildman–Crippen LogP) is 1.21. The zero-order valence-corrected chi connectivity index (χ0v) is 16.8.